The molecule has 0 atom stereocenters. The third-order valence-electron chi connectivity index (χ3n) is 4.28. The van der Waals surface area contributed by atoms with Crippen LogP contribution < -0.4 is 0 Å². The number of nitrogens with zero attached hydrogens (tertiary/aromatic N) is 1. The van der Waals surface area contributed by atoms with Gasteiger partial charge in [0.2, 0.25) is 0 Å². The Morgan fingerprint density at radius 2 is 1.03 bits per heavy atom. The fourth-order valence-corrected chi connectivity index (χ4v) is 2.55. The van der Waals surface area contributed by atoms with E-state index in [9.17, 15) is 57.1 Å². The summed E-state index contributed by atoms with van der Waals surface area (Å²) in [6, 6.07) is 7.61. The molecule has 31 heavy (non-hydrogen) atoms. The predicted molar refractivity (Wildman–Crippen MR) is 79.7 cm³/mol. The number of hydrogen-bond donors (Lipinski definition) is 0. The van der Waals surface area contributed by atoms with Crippen LogP contribution in [0.15, 0.2) is 48.7 Å². The van der Waals surface area contributed by atoms with E-state index in [0.29, 0.717) is 12.3 Å². The lowest BCUT2D eigenvalue weighted by Crippen LogP contribution is -2.69. The lowest BCUT2D eigenvalue weighted by molar-refractivity contribution is -0.442. The topological polar surface area (TPSA) is 4.93 Å². The molecule has 0 N–H and O–H groups in total. The number of halogens is 13. The molecule has 0 radical (unpaired) electrons. The van der Waals surface area contributed by atoms with Crippen molar-refractivity contribution in [3.63, 3.8) is 0 Å². The molecule has 0 aliphatic carbocycles. The largest absolute Gasteiger partial charge is 0.460 e. The molecule has 0 aliphatic rings. The molecular weight excluding hydrogens is 465 g/mol. The summed E-state index contributed by atoms with van der Waals surface area (Å²) in [5.74, 6) is -37.1. The highest BCUT2D eigenvalue weighted by Crippen LogP contribution is 2.62. The second-order valence-corrected chi connectivity index (χ2v) is 6.38. The standard InChI is InChI=1S/C17H10F13N/c18-12(19,11-7-4-8-31(11)9-10-5-2-1-3-6-10)13(20,21)14(22,23)15(24,25)16(26,27)17(28,29)30/h1-8H,9H2. The summed E-state index contributed by atoms with van der Waals surface area (Å²) < 4.78 is 173. The maximum Gasteiger partial charge on any atom is 0.460 e. The van der Waals surface area contributed by atoms with Crippen LogP contribution >= 0.6 is 0 Å². The van der Waals surface area contributed by atoms with Crippen molar-refractivity contribution in [1.82, 2.24) is 4.57 Å². The van der Waals surface area contributed by atoms with Crippen LogP contribution in [0.25, 0.3) is 0 Å². The Labute approximate surface area is 165 Å². The fourth-order valence-electron chi connectivity index (χ4n) is 2.55. The smallest absolute Gasteiger partial charge is 0.342 e. The summed E-state index contributed by atoms with van der Waals surface area (Å²) in [5.41, 5.74) is -1.84. The van der Waals surface area contributed by atoms with Crippen molar-refractivity contribution in [1.29, 1.82) is 0 Å². The van der Waals surface area contributed by atoms with E-state index in [2.05, 4.69) is 0 Å². The highest BCUT2D eigenvalue weighted by Gasteiger charge is 2.91. The molecule has 0 spiro atoms. The number of alkyl halides is 13. The fraction of sp³-hybridized carbons (Fsp3) is 0.412. The summed E-state index contributed by atoms with van der Waals surface area (Å²) in [6.07, 6.45) is -6.76. The molecule has 1 heterocycles. The predicted octanol–water partition coefficient (Wildman–Crippen LogP) is 6.73. The molecule has 0 fully saturated rings. The first-order valence-electron chi connectivity index (χ1n) is 7.97. The molecule has 0 aliphatic heterocycles. The first-order valence-corrected chi connectivity index (χ1v) is 7.97. The van der Waals surface area contributed by atoms with Crippen molar-refractivity contribution in [3.8, 4) is 0 Å². The van der Waals surface area contributed by atoms with Crippen molar-refractivity contribution in [2.45, 2.75) is 42.3 Å². The minimum absolute atomic E-state index is 0.118. The molecule has 0 saturated carbocycles. The Kier molecular flexibility index (Phi) is 5.88. The maximum absolute atomic E-state index is 14.3. The molecular formula is C17H10F13N. The van der Waals surface area contributed by atoms with E-state index in [1.165, 1.54) is 30.3 Å². The molecule has 174 valence electrons. The molecule has 0 unspecified atom stereocenters. The van der Waals surface area contributed by atoms with Crippen LogP contribution in [0.1, 0.15) is 11.3 Å². The summed E-state index contributed by atoms with van der Waals surface area (Å²) in [5, 5.41) is 0. The minimum atomic E-state index is -7.91. The van der Waals surface area contributed by atoms with Crippen molar-refractivity contribution >= 4 is 0 Å². The van der Waals surface area contributed by atoms with Gasteiger partial charge in [0.25, 0.3) is 0 Å². The number of hydrogen-bond acceptors (Lipinski definition) is 0. The summed E-state index contributed by atoms with van der Waals surface area (Å²) in [6.45, 7) is -0.657. The summed E-state index contributed by atoms with van der Waals surface area (Å²) >= 11 is 0. The van der Waals surface area contributed by atoms with Gasteiger partial charge in [-0.15, -0.1) is 0 Å². The van der Waals surface area contributed by atoms with Gasteiger partial charge < -0.3 is 4.57 Å². The molecule has 1 aromatic carbocycles. The Hall–Kier alpha value is -2.41. The van der Waals surface area contributed by atoms with E-state index in [0.717, 1.165) is 0 Å². The van der Waals surface area contributed by atoms with E-state index < -0.39 is 48.0 Å². The molecule has 1 nitrogen and oxygen atoms in total. The average Bonchev–Trinajstić information content (AvgIpc) is 3.09. The van der Waals surface area contributed by atoms with Crippen LogP contribution in [0.4, 0.5) is 57.1 Å². The molecule has 2 aromatic rings. The van der Waals surface area contributed by atoms with Crippen molar-refractivity contribution < 1.29 is 57.1 Å². The number of benzene rings is 1. The first kappa shape index (κ1) is 24.9. The second kappa shape index (κ2) is 7.33. The number of aromatic nitrogens is 1. The van der Waals surface area contributed by atoms with Crippen molar-refractivity contribution in [2.75, 3.05) is 0 Å². The lowest BCUT2D eigenvalue weighted by Gasteiger charge is -2.39. The molecule has 0 bridgehead atoms. The Morgan fingerprint density at radius 1 is 0.548 bits per heavy atom. The molecule has 0 amide bonds. The zero-order chi connectivity index (χ0) is 24.1. The van der Waals surface area contributed by atoms with E-state index in [1.807, 2.05) is 0 Å². The highest BCUT2D eigenvalue weighted by molar-refractivity contribution is 5.24. The third kappa shape index (κ3) is 3.63. The molecule has 1 aromatic heterocycles. The normalized spacial score (nSPS) is 14.7. The van der Waals surface area contributed by atoms with Gasteiger partial charge >= 0.3 is 35.8 Å². The van der Waals surface area contributed by atoms with E-state index >= 15 is 0 Å². The van der Waals surface area contributed by atoms with Gasteiger partial charge in [-0.2, -0.15) is 57.1 Å². The van der Waals surface area contributed by atoms with Gasteiger partial charge in [-0.3, -0.25) is 0 Å². The lowest BCUT2D eigenvalue weighted by atomic mass is 9.92. The average molecular weight is 475 g/mol. The van der Waals surface area contributed by atoms with Gasteiger partial charge in [0.15, 0.2) is 0 Å². The van der Waals surface area contributed by atoms with Crippen LogP contribution in [-0.2, 0) is 12.5 Å². The van der Waals surface area contributed by atoms with E-state index in [4.69, 9.17) is 0 Å². The zero-order valence-corrected chi connectivity index (χ0v) is 14.7. The highest BCUT2D eigenvalue weighted by atomic mass is 19.4. The minimum Gasteiger partial charge on any atom is -0.342 e. The molecule has 0 saturated heterocycles. The van der Waals surface area contributed by atoms with Gasteiger partial charge in [-0.25, -0.2) is 0 Å². The van der Waals surface area contributed by atoms with E-state index in [1.54, 1.807) is 0 Å². The van der Waals surface area contributed by atoms with Gasteiger partial charge in [-0.1, -0.05) is 30.3 Å². The quantitative estimate of drug-likeness (QED) is 0.392. The van der Waals surface area contributed by atoms with Gasteiger partial charge in [0, 0.05) is 12.7 Å². The Bertz CT molecular complexity index is 896. The third-order valence-corrected chi connectivity index (χ3v) is 4.28. The second-order valence-electron chi connectivity index (χ2n) is 6.38. The van der Waals surface area contributed by atoms with Crippen LogP contribution in [0.5, 0.6) is 0 Å². The summed E-state index contributed by atoms with van der Waals surface area (Å²) in [7, 11) is 0. The van der Waals surface area contributed by atoms with Crippen molar-refractivity contribution in [2.24, 2.45) is 0 Å². The maximum atomic E-state index is 14.3. The SMILES string of the molecule is FC(F)(F)C(F)(F)C(F)(F)C(F)(F)C(F)(F)C(F)(F)c1cccn1Cc1ccccc1. The van der Waals surface area contributed by atoms with Gasteiger partial charge in [-0.05, 0) is 17.7 Å². The van der Waals surface area contributed by atoms with Crippen LogP contribution in [0.2, 0.25) is 0 Å². The molecule has 2 rings (SSSR count). The van der Waals surface area contributed by atoms with E-state index in [-0.39, 0.29) is 16.2 Å². The first-order chi connectivity index (χ1) is 13.8. The number of rotatable bonds is 7. The zero-order valence-electron chi connectivity index (χ0n) is 14.7. The monoisotopic (exact) mass is 475 g/mol. The Balaban J connectivity index is 2.55. The van der Waals surface area contributed by atoms with Crippen LogP contribution in [-0.4, -0.2) is 34.4 Å². The van der Waals surface area contributed by atoms with Gasteiger partial charge in [0.1, 0.15) is 0 Å². The molecule has 14 heteroatoms. The van der Waals surface area contributed by atoms with Crippen LogP contribution in [0.3, 0.4) is 0 Å². The Morgan fingerprint density at radius 3 is 1.52 bits per heavy atom. The van der Waals surface area contributed by atoms with Crippen LogP contribution in [0, 0.1) is 0 Å². The van der Waals surface area contributed by atoms with Crippen molar-refractivity contribution in [3.05, 3.63) is 59.9 Å². The van der Waals surface area contributed by atoms with Gasteiger partial charge in [0.05, 0.1) is 5.69 Å². The summed E-state index contributed by atoms with van der Waals surface area (Å²) in [4.78, 5) is 0.